The van der Waals surface area contributed by atoms with Crippen LogP contribution in [0.2, 0.25) is 0 Å². The van der Waals surface area contributed by atoms with E-state index in [1.165, 1.54) is 0 Å². The Morgan fingerprint density at radius 1 is 1.47 bits per heavy atom. The maximum Gasteiger partial charge on any atom is 0.251 e. The summed E-state index contributed by atoms with van der Waals surface area (Å²) >= 11 is 0. The second-order valence-corrected chi connectivity index (χ2v) is 5.68. The number of nitrogens with zero attached hydrogens (tertiary/aromatic N) is 1. The molecule has 0 spiro atoms. The second kappa shape index (κ2) is 4.94. The molecular formula is C13H23NO3. The molecule has 1 amide bonds. The Morgan fingerprint density at radius 2 is 2.12 bits per heavy atom. The lowest BCUT2D eigenvalue weighted by Gasteiger charge is -2.30. The maximum absolute atomic E-state index is 12.2. The van der Waals surface area contributed by atoms with Gasteiger partial charge in [-0.2, -0.15) is 0 Å². The van der Waals surface area contributed by atoms with Gasteiger partial charge in [-0.1, -0.05) is 19.8 Å². The van der Waals surface area contributed by atoms with E-state index in [-0.39, 0.29) is 12.0 Å². The molecule has 4 heteroatoms. The number of carbonyl (C=O) groups excluding carboxylic acids is 1. The molecule has 2 fully saturated rings. The molecular weight excluding hydrogens is 218 g/mol. The van der Waals surface area contributed by atoms with Gasteiger partial charge in [-0.25, -0.2) is 0 Å². The van der Waals surface area contributed by atoms with Crippen LogP contribution in [0.4, 0.5) is 0 Å². The van der Waals surface area contributed by atoms with Crippen LogP contribution < -0.4 is 0 Å². The molecule has 1 heterocycles. The molecule has 0 aromatic carbocycles. The second-order valence-electron chi connectivity index (χ2n) is 5.68. The fourth-order valence-electron chi connectivity index (χ4n) is 2.94. The number of rotatable bonds is 3. The van der Waals surface area contributed by atoms with Gasteiger partial charge in [0.1, 0.15) is 6.10 Å². The van der Waals surface area contributed by atoms with Crippen LogP contribution >= 0.6 is 0 Å². The van der Waals surface area contributed by atoms with E-state index in [2.05, 4.69) is 0 Å². The normalized spacial score (nSPS) is 31.7. The molecule has 1 N–H and O–H groups in total. The Hall–Kier alpha value is -0.610. The van der Waals surface area contributed by atoms with Crippen molar-refractivity contribution >= 4 is 5.91 Å². The summed E-state index contributed by atoms with van der Waals surface area (Å²) in [5.74, 6) is 0.318. The molecule has 4 nitrogen and oxygen atoms in total. The number of aliphatic hydroxyl groups is 1. The third kappa shape index (κ3) is 2.80. The summed E-state index contributed by atoms with van der Waals surface area (Å²) in [4.78, 5) is 13.8. The Kier molecular flexibility index (Phi) is 3.73. The molecule has 1 saturated heterocycles. The summed E-state index contributed by atoms with van der Waals surface area (Å²) in [7, 11) is 1.77. The van der Waals surface area contributed by atoms with Gasteiger partial charge in [0.15, 0.2) is 0 Å². The summed E-state index contributed by atoms with van der Waals surface area (Å²) in [5, 5.41) is 10.3. The molecule has 2 rings (SSSR count). The summed E-state index contributed by atoms with van der Waals surface area (Å²) < 4.78 is 5.47. The van der Waals surface area contributed by atoms with Gasteiger partial charge in [-0.3, -0.25) is 4.79 Å². The molecule has 2 aliphatic rings. The lowest BCUT2D eigenvalue weighted by Crippen LogP contribution is -2.46. The van der Waals surface area contributed by atoms with E-state index in [0.717, 1.165) is 32.1 Å². The molecule has 1 saturated carbocycles. The number of carbonyl (C=O) groups is 1. The van der Waals surface area contributed by atoms with Crippen LogP contribution in [-0.2, 0) is 9.53 Å². The molecule has 0 aromatic heterocycles. The predicted molar refractivity (Wildman–Crippen MR) is 64.6 cm³/mol. The van der Waals surface area contributed by atoms with Crippen LogP contribution in [0.1, 0.15) is 39.0 Å². The average Bonchev–Trinajstić information content (AvgIpc) is 2.86. The van der Waals surface area contributed by atoms with Crippen molar-refractivity contribution in [2.45, 2.75) is 50.7 Å². The van der Waals surface area contributed by atoms with Crippen molar-refractivity contribution in [1.29, 1.82) is 0 Å². The molecule has 17 heavy (non-hydrogen) atoms. The lowest BCUT2D eigenvalue weighted by atomic mass is 10.00. The van der Waals surface area contributed by atoms with Gasteiger partial charge in [0.25, 0.3) is 5.91 Å². The van der Waals surface area contributed by atoms with Gasteiger partial charge >= 0.3 is 0 Å². The van der Waals surface area contributed by atoms with Gasteiger partial charge in [-0.15, -0.1) is 0 Å². The predicted octanol–water partition coefficient (Wildman–Crippen LogP) is 1.17. The average molecular weight is 241 g/mol. The van der Waals surface area contributed by atoms with Crippen LogP contribution in [0.15, 0.2) is 0 Å². The van der Waals surface area contributed by atoms with Crippen molar-refractivity contribution in [2.24, 2.45) is 5.92 Å². The first-order valence-electron chi connectivity index (χ1n) is 6.61. The summed E-state index contributed by atoms with van der Waals surface area (Å²) in [6.07, 6.45) is 4.40. The smallest absolute Gasteiger partial charge is 0.251 e. The summed E-state index contributed by atoms with van der Waals surface area (Å²) in [5.41, 5.74) is -0.660. The highest BCUT2D eigenvalue weighted by Crippen LogP contribution is 2.30. The topological polar surface area (TPSA) is 49.8 Å². The standard InChI is InChI=1S/C13H23NO3/c1-10-5-8-17-11(10)12(15)14(2)9-13(16)6-3-4-7-13/h10-11,16H,3-9H2,1-2H3. The van der Waals surface area contributed by atoms with Crippen LogP contribution in [0.5, 0.6) is 0 Å². The van der Waals surface area contributed by atoms with Crippen LogP contribution in [0, 0.1) is 5.92 Å². The SMILES string of the molecule is CC1CCOC1C(=O)N(C)CC1(O)CCCC1. The highest BCUT2D eigenvalue weighted by atomic mass is 16.5. The van der Waals surface area contributed by atoms with E-state index in [1.54, 1.807) is 11.9 Å². The number of ether oxygens (including phenoxy) is 1. The Bertz CT molecular complexity index is 286. The molecule has 0 bridgehead atoms. The number of likely N-dealkylation sites (N-methyl/N-ethyl adjacent to an activating group) is 1. The van der Waals surface area contributed by atoms with Gasteiger partial charge in [0.05, 0.1) is 5.60 Å². The number of amides is 1. The van der Waals surface area contributed by atoms with Crippen molar-refractivity contribution in [3.63, 3.8) is 0 Å². The van der Waals surface area contributed by atoms with Crippen molar-refractivity contribution in [3.8, 4) is 0 Å². The minimum atomic E-state index is -0.660. The third-order valence-corrected chi connectivity index (χ3v) is 4.07. The number of hydrogen-bond donors (Lipinski definition) is 1. The third-order valence-electron chi connectivity index (χ3n) is 4.07. The van der Waals surface area contributed by atoms with E-state index < -0.39 is 5.60 Å². The molecule has 1 aliphatic carbocycles. The van der Waals surface area contributed by atoms with E-state index in [1.807, 2.05) is 6.92 Å². The molecule has 1 aliphatic heterocycles. The van der Waals surface area contributed by atoms with E-state index in [4.69, 9.17) is 4.74 Å². The Morgan fingerprint density at radius 3 is 2.65 bits per heavy atom. The summed E-state index contributed by atoms with van der Waals surface area (Å²) in [6, 6.07) is 0. The maximum atomic E-state index is 12.2. The largest absolute Gasteiger partial charge is 0.388 e. The zero-order valence-electron chi connectivity index (χ0n) is 10.8. The van der Waals surface area contributed by atoms with Gasteiger partial charge in [0.2, 0.25) is 0 Å². The Balaban J connectivity index is 1.90. The Labute approximate surface area is 103 Å². The zero-order chi connectivity index (χ0) is 12.5. The van der Waals surface area contributed by atoms with Crippen LogP contribution in [-0.4, -0.2) is 47.8 Å². The molecule has 2 atom stereocenters. The number of hydrogen-bond acceptors (Lipinski definition) is 3. The zero-order valence-corrected chi connectivity index (χ0v) is 10.8. The van der Waals surface area contributed by atoms with E-state index in [9.17, 15) is 9.90 Å². The van der Waals surface area contributed by atoms with E-state index >= 15 is 0 Å². The van der Waals surface area contributed by atoms with Gasteiger partial charge in [-0.05, 0) is 25.2 Å². The first-order valence-corrected chi connectivity index (χ1v) is 6.61. The monoisotopic (exact) mass is 241 g/mol. The van der Waals surface area contributed by atoms with Crippen molar-refractivity contribution in [2.75, 3.05) is 20.2 Å². The highest BCUT2D eigenvalue weighted by Gasteiger charge is 2.37. The van der Waals surface area contributed by atoms with Gasteiger partial charge in [0, 0.05) is 20.2 Å². The van der Waals surface area contributed by atoms with Crippen LogP contribution in [0.25, 0.3) is 0 Å². The van der Waals surface area contributed by atoms with Crippen molar-refractivity contribution < 1.29 is 14.6 Å². The first-order chi connectivity index (χ1) is 8.02. The fourth-order valence-corrected chi connectivity index (χ4v) is 2.94. The lowest BCUT2D eigenvalue weighted by molar-refractivity contribution is -0.144. The minimum Gasteiger partial charge on any atom is -0.388 e. The van der Waals surface area contributed by atoms with Crippen molar-refractivity contribution in [1.82, 2.24) is 4.90 Å². The van der Waals surface area contributed by atoms with E-state index in [0.29, 0.717) is 19.1 Å². The molecule has 2 unspecified atom stereocenters. The highest BCUT2D eigenvalue weighted by molar-refractivity contribution is 5.81. The molecule has 0 radical (unpaired) electrons. The molecule has 0 aromatic rings. The minimum absolute atomic E-state index is 0.0234. The van der Waals surface area contributed by atoms with Gasteiger partial charge < -0.3 is 14.7 Å². The molecule has 98 valence electrons. The van der Waals surface area contributed by atoms with Crippen molar-refractivity contribution in [3.05, 3.63) is 0 Å². The first kappa shape index (κ1) is 12.8. The quantitative estimate of drug-likeness (QED) is 0.807. The fraction of sp³-hybridized carbons (Fsp3) is 0.923. The van der Waals surface area contributed by atoms with Crippen LogP contribution in [0.3, 0.4) is 0 Å². The summed E-state index contributed by atoms with van der Waals surface area (Å²) in [6.45, 7) is 3.17.